The highest BCUT2D eigenvalue weighted by molar-refractivity contribution is 6.41. The molecule has 3 N–H and O–H groups in total. The molecule has 1 heterocycles. The molecule has 1 amide bonds. The molecule has 12 heteroatoms. The van der Waals surface area contributed by atoms with Crippen molar-refractivity contribution in [2.24, 2.45) is 5.41 Å². The van der Waals surface area contributed by atoms with Crippen molar-refractivity contribution in [3.05, 3.63) is 40.5 Å². The molecule has 3 aromatic rings. The molecule has 0 spiro atoms. The topological polar surface area (TPSA) is 132 Å². The summed E-state index contributed by atoms with van der Waals surface area (Å²) in [4.78, 5) is 33.5. The van der Waals surface area contributed by atoms with Gasteiger partial charge in [0.15, 0.2) is 0 Å². The van der Waals surface area contributed by atoms with E-state index in [4.69, 9.17) is 37.4 Å². The van der Waals surface area contributed by atoms with Crippen LogP contribution in [-0.4, -0.2) is 59.0 Å². The van der Waals surface area contributed by atoms with Crippen LogP contribution in [0.4, 0.5) is 10.7 Å². The molecule has 0 bridgehead atoms. The van der Waals surface area contributed by atoms with Crippen LogP contribution in [0.25, 0.3) is 22.0 Å². The van der Waals surface area contributed by atoms with E-state index in [0.717, 1.165) is 10.9 Å². The average molecular weight is 591 g/mol. The normalized spacial score (nSPS) is 20.7. The van der Waals surface area contributed by atoms with E-state index >= 15 is 0 Å². The summed E-state index contributed by atoms with van der Waals surface area (Å²) in [5, 5.41) is 17.3. The van der Waals surface area contributed by atoms with E-state index in [1.807, 2.05) is 18.2 Å². The van der Waals surface area contributed by atoms with Crippen molar-refractivity contribution in [3.63, 3.8) is 0 Å². The molecule has 40 heavy (non-hydrogen) atoms. The van der Waals surface area contributed by atoms with Crippen molar-refractivity contribution in [2.45, 2.75) is 58.2 Å². The lowest BCUT2D eigenvalue weighted by Gasteiger charge is -2.25. The number of alkyl carbamates (subject to hydrolysis) is 1. The lowest BCUT2D eigenvalue weighted by atomic mass is 9.88. The first kappa shape index (κ1) is 29.5. The number of amides is 1. The van der Waals surface area contributed by atoms with Gasteiger partial charge < -0.3 is 30.0 Å². The molecule has 1 fully saturated rings. The summed E-state index contributed by atoms with van der Waals surface area (Å²) in [6.07, 6.45) is 1.52. The van der Waals surface area contributed by atoms with Gasteiger partial charge in [-0.05, 0) is 58.2 Å². The van der Waals surface area contributed by atoms with Crippen molar-refractivity contribution < 1.29 is 28.9 Å². The van der Waals surface area contributed by atoms with Crippen molar-refractivity contribution in [1.29, 1.82) is 0 Å². The van der Waals surface area contributed by atoms with Crippen LogP contribution in [0.5, 0.6) is 11.5 Å². The SMILES string of the molecule is COc1cc(OC)c(Cl)c(-c2ccc3nc(N[C@@H]4CC(C)(C(=O)O)C[C@@H]4NC(=O)OC(C)(C)C)ncc3c2)c1Cl. The number of methoxy groups -OCH3 is 2. The quantitative estimate of drug-likeness (QED) is 0.295. The fourth-order valence-corrected chi connectivity index (χ4v) is 5.56. The second kappa shape index (κ2) is 11.2. The molecular weight excluding hydrogens is 559 g/mol. The van der Waals surface area contributed by atoms with Gasteiger partial charge in [-0.3, -0.25) is 4.79 Å². The number of carboxylic acids is 1. The maximum absolute atomic E-state index is 12.5. The first-order valence-corrected chi connectivity index (χ1v) is 13.4. The standard InChI is InChI=1S/C28H32Cl2N4O6/c1-27(2,3)40-26(37)34-18-12-28(4,24(35)36)11-17(18)33-25-31-13-15-9-14(7-8-16(15)32-25)21-22(29)19(38-5)10-20(39-6)23(21)30/h7-10,13,17-18H,11-12H2,1-6H3,(H,34,37)(H,35,36)(H,31,32,33)/t17-,18+,28?/m1/s1. The van der Waals surface area contributed by atoms with Crippen LogP contribution in [0.3, 0.4) is 0 Å². The second-order valence-corrected chi connectivity index (χ2v) is 11.8. The maximum atomic E-state index is 12.5. The number of nitrogens with zero attached hydrogens (tertiary/aromatic N) is 2. The van der Waals surface area contributed by atoms with Crippen molar-refractivity contribution in [1.82, 2.24) is 15.3 Å². The molecule has 2 aromatic carbocycles. The summed E-state index contributed by atoms with van der Waals surface area (Å²) in [5.41, 5.74) is 0.183. The van der Waals surface area contributed by atoms with E-state index in [9.17, 15) is 14.7 Å². The first-order valence-electron chi connectivity index (χ1n) is 12.6. The van der Waals surface area contributed by atoms with Crippen LogP contribution in [0, 0.1) is 5.41 Å². The van der Waals surface area contributed by atoms with Gasteiger partial charge in [0.05, 0.1) is 47.3 Å². The predicted octanol–water partition coefficient (Wildman–Crippen LogP) is 6.18. The number of carbonyl (C=O) groups is 2. The molecular formula is C28H32Cl2N4O6. The highest BCUT2D eigenvalue weighted by atomic mass is 35.5. The van der Waals surface area contributed by atoms with E-state index in [1.54, 1.807) is 40.0 Å². The van der Waals surface area contributed by atoms with Crippen molar-refractivity contribution in [2.75, 3.05) is 19.5 Å². The molecule has 1 saturated carbocycles. The largest absolute Gasteiger partial charge is 0.495 e. The third kappa shape index (κ3) is 6.13. The van der Waals surface area contributed by atoms with Crippen LogP contribution in [0.1, 0.15) is 40.5 Å². The molecule has 214 valence electrons. The Morgan fingerprint density at radius 1 is 1.05 bits per heavy atom. The smallest absolute Gasteiger partial charge is 0.407 e. The number of hydrogen-bond donors (Lipinski definition) is 3. The Balaban J connectivity index is 1.62. The van der Waals surface area contributed by atoms with E-state index in [-0.39, 0.29) is 12.8 Å². The highest BCUT2D eigenvalue weighted by Crippen LogP contribution is 2.46. The summed E-state index contributed by atoms with van der Waals surface area (Å²) in [5.74, 6) is 0.211. The van der Waals surface area contributed by atoms with E-state index in [1.165, 1.54) is 14.2 Å². The van der Waals surface area contributed by atoms with E-state index < -0.39 is 35.2 Å². The number of carboxylic acid groups (broad SMARTS) is 1. The number of anilines is 1. The van der Waals surface area contributed by atoms with Gasteiger partial charge in [-0.1, -0.05) is 29.3 Å². The molecule has 0 saturated heterocycles. The van der Waals surface area contributed by atoms with Crippen LogP contribution >= 0.6 is 23.2 Å². The van der Waals surface area contributed by atoms with Crippen LogP contribution in [0.15, 0.2) is 30.5 Å². The zero-order chi connectivity index (χ0) is 29.4. The Morgan fingerprint density at radius 3 is 2.25 bits per heavy atom. The third-order valence-electron chi connectivity index (χ3n) is 6.80. The molecule has 3 atom stereocenters. The Hall–Kier alpha value is -3.50. The number of nitrogens with one attached hydrogen (secondary N) is 2. The van der Waals surface area contributed by atoms with Gasteiger partial charge in [-0.2, -0.15) is 0 Å². The van der Waals surface area contributed by atoms with Gasteiger partial charge in [-0.25, -0.2) is 14.8 Å². The van der Waals surface area contributed by atoms with Crippen LogP contribution in [-0.2, 0) is 9.53 Å². The molecule has 1 aromatic heterocycles. The molecule has 0 radical (unpaired) electrons. The number of ether oxygens (including phenoxy) is 3. The Kier molecular flexibility index (Phi) is 8.23. The summed E-state index contributed by atoms with van der Waals surface area (Å²) >= 11 is 13.2. The second-order valence-electron chi connectivity index (χ2n) is 11.0. The summed E-state index contributed by atoms with van der Waals surface area (Å²) < 4.78 is 16.2. The molecule has 1 aliphatic carbocycles. The summed E-state index contributed by atoms with van der Waals surface area (Å²) in [6, 6.07) is 6.17. The first-order chi connectivity index (χ1) is 18.7. The third-order valence-corrected chi connectivity index (χ3v) is 7.55. The fourth-order valence-electron chi connectivity index (χ4n) is 4.84. The zero-order valence-electron chi connectivity index (χ0n) is 23.1. The summed E-state index contributed by atoms with van der Waals surface area (Å²) in [6.45, 7) is 6.95. The number of carbonyl (C=O) groups excluding carboxylic acids is 1. The van der Waals surface area contributed by atoms with Crippen molar-refractivity contribution in [3.8, 4) is 22.6 Å². The number of benzene rings is 2. The van der Waals surface area contributed by atoms with Gasteiger partial charge in [0.2, 0.25) is 5.95 Å². The lowest BCUT2D eigenvalue weighted by Crippen LogP contribution is -2.45. The van der Waals surface area contributed by atoms with E-state index in [0.29, 0.717) is 38.6 Å². The molecule has 0 aliphatic heterocycles. The Labute approximate surface area is 242 Å². The molecule has 4 rings (SSSR count). The summed E-state index contributed by atoms with van der Waals surface area (Å²) in [7, 11) is 3.02. The van der Waals surface area contributed by atoms with Crippen LogP contribution in [0.2, 0.25) is 10.0 Å². The van der Waals surface area contributed by atoms with E-state index in [2.05, 4.69) is 20.6 Å². The number of rotatable bonds is 7. The van der Waals surface area contributed by atoms with Gasteiger partial charge in [-0.15, -0.1) is 0 Å². The van der Waals surface area contributed by atoms with Crippen molar-refractivity contribution >= 4 is 52.1 Å². The maximum Gasteiger partial charge on any atom is 0.407 e. The number of halogens is 2. The van der Waals surface area contributed by atoms with Gasteiger partial charge >= 0.3 is 12.1 Å². The number of aromatic nitrogens is 2. The number of fused-ring (bicyclic) bond motifs is 1. The Morgan fingerprint density at radius 2 is 1.68 bits per heavy atom. The van der Waals surface area contributed by atoms with Gasteiger partial charge in [0, 0.05) is 23.2 Å². The Bertz CT molecular complexity index is 1430. The monoisotopic (exact) mass is 590 g/mol. The highest BCUT2D eigenvalue weighted by Gasteiger charge is 2.48. The molecule has 1 aliphatic rings. The van der Waals surface area contributed by atoms with Gasteiger partial charge in [0.1, 0.15) is 17.1 Å². The average Bonchev–Trinajstić information content (AvgIpc) is 3.18. The minimum absolute atomic E-state index is 0.224. The van der Waals surface area contributed by atoms with Gasteiger partial charge in [0.25, 0.3) is 0 Å². The molecule has 10 nitrogen and oxygen atoms in total. The lowest BCUT2D eigenvalue weighted by molar-refractivity contribution is -0.147. The minimum atomic E-state index is -1.04. The van der Waals surface area contributed by atoms with Crippen LogP contribution < -0.4 is 20.1 Å². The molecule has 1 unspecified atom stereocenters. The predicted molar refractivity (Wildman–Crippen MR) is 154 cm³/mol. The number of aliphatic carboxylic acids is 1. The number of hydrogen-bond acceptors (Lipinski definition) is 8. The fraction of sp³-hybridized carbons (Fsp3) is 0.429. The zero-order valence-corrected chi connectivity index (χ0v) is 24.6. The minimum Gasteiger partial charge on any atom is -0.495 e.